The minimum Gasteiger partial charge on any atom is -0.329 e. The lowest BCUT2D eigenvalue weighted by Gasteiger charge is -2.45. The number of hydrogen-bond acceptors (Lipinski definition) is 3. The molecule has 3 rings (SSSR count). The SMILES string of the molecule is CC1CCC(C(CN)N2CCN(C3CCCC3)CC2)CC1. The summed E-state index contributed by atoms with van der Waals surface area (Å²) in [6.45, 7) is 8.35. The maximum atomic E-state index is 6.17. The van der Waals surface area contributed by atoms with Crippen molar-refractivity contribution in [1.82, 2.24) is 9.80 Å². The van der Waals surface area contributed by atoms with Crippen LogP contribution in [0, 0.1) is 11.8 Å². The number of nitrogens with two attached hydrogens (primary N) is 1. The first-order valence-electron chi connectivity index (χ1n) is 9.46. The zero-order valence-electron chi connectivity index (χ0n) is 14.0. The summed E-state index contributed by atoms with van der Waals surface area (Å²) in [6.07, 6.45) is 11.5. The van der Waals surface area contributed by atoms with Gasteiger partial charge < -0.3 is 5.73 Å². The maximum absolute atomic E-state index is 6.17. The smallest absolute Gasteiger partial charge is 0.0247 e. The summed E-state index contributed by atoms with van der Waals surface area (Å²) < 4.78 is 0. The molecule has 0 radical (unpaired) electrons. The average molecular weight is 293 g/mol. The Morgan fingerprint density at radius 1 is 0.905 bits per heavy atom. The van der Waals surface area contributed by atoms with Crippen LogP contribution in [0.2, 0.25) is 0 Å². The number of rotatable bonds is 4. The van der Waals surface area contributed by atoms with Crippen LogP contribution in [0.3, 0.4) is 0 Å². The Hall–Kier alpha value is -0.120. The molecule has 3 aliphatic rings. The monoisotopic (exact) mass is 293 g/mol. The minimum atomic E-state index is 0.656. The fourth-order valence-corrected chi connectivity index (χ4v) is 5.01. The van der Waals surface area contributed by atoms with Crippen LogP contribution in [-0.4, -0.2) is 54.6 Å². The zero-order valence-corrected chi connectivity index (χ0v) is 14.0. The highest BCUT2D eigenvalue weighted by Gasteiger charge is 2.33. The topological polar surface area (TPSA) is 32.5 Å². The van der Waals surface area contributed by atoms with Crippen LogP contribution < -0.4 is 5.73 Å². The van der Waals surface area contributed by atoms with Crippen LogP contribution in [0.1, 0.15) is 58.3 Å². The summed E-state index contributed by atoms with van der Waals surface area (Å²) in [6, 6.07) is 1.56. The van der Waals surface area contributed by atoms with Crippen molar-refractivity contribution in [3.05, 3.63) is 0 Å². The van der Waals surface area contributed by atoms with Crippen molar-refractivity contribution in [2.24, 2.45) is 17.6 Å². The molecule has 0 spiro atoms. The molecule has 0 bridgehead atoms. The van der Waals surface area contributed by atoms with Crippen molar-refractivity contribution in [2.75, 3.05) is 32.7 Å². The van der Waals surface area contributed by atoms with Gasteiger partial charge in [-0.1, -0.05) is 32.6 Å². The van der Waals surface area contributed by atoms with Crippen molar-refractivity contribution in [3.8, 4) is 0 Å². The molecule has 2 saturated carbocycles. The van der Waals surface area contributed by atoms with Gasteiger partial charge in [0.2, 0.25) is 0 Å². The molecule has 0 aromatic carbocycles. The number of nitrogens with zero attached hydrogens (tertiary/aromatic N) is 2. The third-order valence-electron chi connectivity index (χ3n) is 6.51. The first-order valence-corrected chi connectivity index (χ1v) is 9.46. The van der Waals surface area contributed by atoms with Crippen LogP contribution in [0.15, 0.2) is 0 Å². The largest absolute Gasteiger partial charge is 0.329 e. The molecule has 3 fully saturated rings. The van der Waals surface area contributed by atoms with Crippen molar-refractivity contribution < 1.29 is 0 Å². The van der Waals surface area contributed by atoms with E-state index in [1.807, 2.05) is 0 Å². The standard InChI is InChI=1S/C18H35N3/c1-15-6-8-16(9-7-15)18(14-19)21-12-10-20(11-13-21)17-4-2-3-5-17/h15-18H,2-14,19H2,1H3. The molecule has 1 unspecified atom stereocenters. The van der Waals surface area contributed by atoms with E-state index in [-0.39, 0.29) is 0 Å². The normalized spacial score (nSPS) is 35.1. The van der Waals surface area contributed by atoms with E-state index in [1.54, 1.807) is 0 Å². The Morgan fingerprint density at radius 3 is 2.10 bits per heavy atom. The Bertz CT molecular complexity index is 298. The van der Waals surface area contributed by atoms with Gasteiger partial charge in [0.1, 0.15) is 0 Å². The lowest BCUT2D eigenvalue weighted by Crippen LogP contribution is -2.56. The summed E-state index contributed by atoms with van der Waals surface area (Å²) in [7, 11) is 0. The van der Waals surface area contributed by atoms with Gasteiger partial charge in [-0.25, -0.2) is 0 Å². The first kappa shape index (κ1) is 15.8. The van der Waals surface area contributed by atoms with E-state index in [4.69, 9.17) is 5.73 Å². The Morgan fingerprint density at radius 2 is 1.52 bits per heavy atom. The van der Waals surface area contributed by atoms with Crippen molar-refractivity contribution in [1.29, 1.82) is 0 Å². The second-order valence-electron chi connectivity index (χ2n) is 7.83. The molecule has 0 aromatic rings. The number of piperazine rings is 1. The Kier molecular flexibility index (Phi) is 5.58. The van der Waals surface area contributed by atoms with Crippen molar-refractivity contribution in [2.45, 2.75) is 70.4 Å². The van der Waals surface area contributed by atoms with Gasteiger partial charge >= 0.3 is 0 Å². The zero-order chi connectivity index (χ0) is 14.7. The molecule has 0 amide bonds. The summed E-state index contributed by atoms with van der Waals surface area (Å²) >= 11 is 0. The van der Waals surface area contributed by atoms with Gasteiger partial charge in [-0.2, -0.15) is 0 Å². The summed E-state index contributed by atoms with van der Waals surface area (Å²) in [4.78, 5) is 5.49. The van der Waals surface area contributed by atoms with E-state index in [2.05, 4.69) is 16.7 Å². The second kappa shape index (κ2) is 7.43. The molecule has 1 saturated heterocycles. The van der Waals surface area contributed by atoms with E-state index in [9.17, 15) is 0 Å². The molecule has 3 heteroatoms. The van der Waals surface area contributed by atoms with Gasteiger partial charge in [-0.15, -0.1) is 0 Å². The lowest BCUT2D eigenvalue weighted by atomic mass is 9.78. The van der Waals surface area contributed by atoms with Gasteiger partial charge in [0.15, 0.2) is 0 Å². The summed E-state index contributed by atoms with van der Waals surface area (Å²) in [5.41, 5.74) is 6.17. The quantitative estimate of drug-likeness (QED) is 0.865. The minimum absolute atomic E-state index is 0.656. The maximum Gasteiger partial charge on any atom is 0.0247 e. The van der Waals surface area contributed by atoms with Crippen LogP contribution in [-0.2, 0) is 0 Å². The molecular weight excluding hydrogens is 258 g/mol. The van der Waals surface area contributed by atoms with E-state index >= 15 is 0 Å². The molecule has 2 N–H and O–H groups in total. The highest BCUT2D eigenvalue weighted by atomic mass is 15.3. The van der Waals surface area contributed by atoms with E-state index in [0.29, 0.717) is 6.04 Å². The summed E-state index contributed by atoms with van der Waals surface area (Å²) in [5.74, 6) is 1.81. The molecule has 1 aliphatic heterocycles. The van der Waals surface area contributed by atoms with Crippen molar-refractivity contribution >= 4 is 0 Å². The van der Waals surface area contributed by atoms with E-state index in [1.165, 1.54) is 77.5 Å². The first-order chi connectivity index (χ1) is 10.3. The average Bonchev–Trinajstić information content (AvgIpc) is 3.05. The van der Waals surface area contributed by atoms with Crippen LogP contribution in [0.5, 0.6) is 0 Å². The summed E-state index contributed by atoms with van der Waals surface area (Å²) in [5, 5.41) is 0. The van der Waals surface area contributed by atoms with Crippen LogP contribution in [0.25, 0.3) is 0 Å². The molecule has 1 heterocycles. The van der Waals surface area contributed by atoms with Gasteiger partial charge in [-0.05, 0) is 37.5 Å². The van der Waals surface area contributed by atoms with Crippen molar-refractivity contribution in [3.63, 3.8) is 0 Å². The second-order valence-corrected chi connectivity index (χ2v) is 7.83. The molecule has 2 aliphatic carbocycles. The van der Waals surface area contributed by atoms with E-state index < -0.39 is 0 Å². The van der Waals surface area contributed by atoms with Crippen LogP contribution >= 0.6 is 0 Å². The molecule has 0 aromatic heterocycles. The molecule has 122 valence electrons. The van der Waals surface area contributed by atoms with Gasteiger partial charge in [0.05, 0.1) is 0 Å². The van der Waals surface area contributed by atoms with Gasteiger partial charge in [-0.3, -0.25) is 9.80 Å². The predicted molar refractivity (Wildman–Crippen MR) is 89.4 cm³/mol. The highest BCUT2D eigenvalue weighted by Crippen LogP contribution is 2.33. The Balaban J connectivity index is 1.49. The third kappa shape index (κ3) is 3.80. The fraction of sp³-hybridized carbons (Fsp3) is 1.00. The molecular formula is C18H35N3. The Labute approximate surface area is 131 Å². The number of hydrogen-bond donors (Lipinski definition) is 1. The highest BCUT2D eigenvalue weighted by molar-refractivity contribution is 4.88. The van der Waals surface area contributed by atoms with Gasteiger partial charge in [0.25, 0.3) is 0 Å². The predicted octanol–water partition coefficient (Wildman–Crippen LogP) is 2.70. The lowest BCUT2D eigenvalue weighted by molar-refractivity contribution is 0.0417. The third-order valence-corrected chi connectivity index (χ3v) is 6.51. The molecule has 21 heavy (non-hydrogen) atoms. The fourth-order valence-electron chi connectivity index (χ4n) is 5.01. The molecule has 3 nitrogen and oxygen atoms in total. The van der Waals surface area contributed by atoms with E-state index in [0.717, 1.165) is 24.4 Å². The van der Waals surface area contributed by atoms with Gasteiger partial charge in [0, 0.05) is 44.8 Å². The molecule has 1 atom stereocenters. The van der Waals surface area contributed by atoms with Crippen LogP contribution in [0.4, 0.5) is 0 Å².